The minimum atomic E-state index is -1.08. The van der Waals surface area contributed by atoms with Crippen LogP contribution in [0.4, 0.5) is 0 Å². The third-order valence-electron chi connectivity index (χ3n) is 3.86. The van der Waals surface area contributed by atoms with E-state index in [0.29, 0.717) is 37.5 Å². The van der Waals surface area contributed by atoms with Crippen LogP contribution >= 0.6 is 22.6 Å². The number of aliphatic hydroxyl groups excluding tert-OH is 2. The van der Waals surface area contributed by atoms with Crippen molar-refractivity contribution in [3.05, 3.63) is 0 Å². The lowest BCUT2D eigenvalue weighted by Crippen LogP contribution is -2.40. The van der Waals surface area contributed by atoms with E-state index in [1.54, 1.807) is 27.9 Å². The monoisotopic (exact) mass is 508 g/mol. The van der Waals surface area contributed by atoms with E-state index in [1.807, 2.05) is 0 Å². The summed E-state index contributed by atoms with van der Waals surface area (Å²) in [5.74, 6) is -0.836. The summed E-state index contributed by atoms with van der Waals surface area (Å²) in [5, 5.41) is 19.3. The molecule has 2 unspecified atom stereocenters. The molecule has 162 valence electrons. The highest BCUT2D eigenvalue weighted by molar-refractivity contribution is 14.1. The van der Waals surface area contributed by atoms with E-state index in [-0.39, 0.29) is 0 Å². The average molecular weight is 508 g/mol. The van der Waals surface area contributed by atoms with Gasteiger partial charge in [0.1, 0.15) is 16.8 Å². The highest BCUT2D eigenvalue weighted by atomic mass is 127. The van der Waals surface area contributed by atoms with Crippen molar-refractivity contribution in [2.45, 2.75) is 63.9 Å². The Bertz CT molecular complexity index is 385. The molecular weight excluding hydrogens is 475 g/mol. The van der Waals surface area contributed by atoms with E-state index < -0.39 is 43.3 Å². The molecule has 27 heavy (non-hydrogen) atoms. The second-order valence-corrected chi connectivity index (χ2v) is 7.13. The van der Waals surface area contributed by atoms with Crippen molar-refractivity contribution in [3.8, 4) is 0 Å². The SMILES string of the molecule is COCCOCCOC(C)O[C@@H]1C[C@@H](OC(C)(C)OCI)O[C@@H]1C(O)CO. The Morgan fingerprint density at radius 3 is 2.56 bits per heavy atom. The van der Waals surface area contributed by atoms with Crippen LogP contribution in [-0.2, 0) is 33.2 Å². The molecular formula is C17H33IO9. The van der Waals surface area contributed by atoms with E-state index in [2.05, 4.69) is 22.6 Å². The average Bonchev–Trinajstić information content (AvgIpc) is 2.98. The molecule has 0 aromatic rings. The molecule has 0 spiro atoms. The second-order valence-electron chi connectivity index (χ2n) is 6.51. The number of rotatable bonds is 15. The van der Waals surface area contributed by atoms with Crippen molar-refractivity contribution >= 4 is 22.6 Å². The van der Waals surface area contributed by atoms with Gasteiger partial charge in [0.15, 0.2) is 18.4 Å². The molecule has 10 heteroatoms. The fourth-order valence-electron chi connectivity index (χ4n) is 2.58. The highest BCUT2D eigenvalue weighted by Crippen LogP contribution is 2.30. The van der Waals surface area contributed by atoms with Crippen LogP contribution in [0, 0.1) is 0 Å². The van der Waals surface area contributed by atoms with Gasteiger partial charge in [-0.25, -0.2) is 0 Å². The second kappa shape index (κ2) is 13.6. The number of alkyl halides is 1. The van der Waals surface area contributed by atoms with E-state index in [4.69, 9.17) is 33.2 Å². The summed E-state index contributed by atoms with van der Waals surface area (Å²) in [6.45, 7) is 6.72. The fraction of sp³-hybridized carbons (Fsp3) is 1.00. The summed E-state index contributed by atoms with van der Waals surface area (Å²) in [6.07, 6.45) is -3.06. The molecule has 9 nitrogen and oxygen atoms in total. The summed E-state index contributed by atoms with van der Waals surface area (Å²) >= 11 is 2.09. The van der Waals surface area contributed by atoms with E-state index in [1.165, 1.54) is 0 Å². The largest absolute Gasteiger partial charge is 0.394 e. The van der Waals surface area contributed by atoms with Crippen LogP contribution < -0.4 is 0 Å². The van der Waals surface area contributed by atoms with Gasteiger partial charge in [0.25, 0.3) is 0 Å². The van der Waals surface area contributed by atoms with Crippen LogP contribution in [-0.4, -0.2) is 91.6 Å². The van der Waals surface area contributed by atoms with Crippen LogP contribution in [0.2, 0.25) is 0 Å². The molecule has 1 fully saturated rings. The summed E-state index contributed by atoms with van der Waals surface area (Å²) in [4.78, 5) is 0. The fourth-order valence-corrected chi connectivity index (χ4v) is 3.33. The summed E-state index contributed by atoms with van der Waals surface area (Å²) < 4.78 is 39.2. The molecule has 0 amide bonds. The zero-order valence-electron chi connectivity index (χ0n) is 16.5. The van der Waals surface area contributed by atoms with Gasteiger partial charge >= 0.3 is 0 Å². The molecule has 0 aliphatic carbocycles. The van der Waals surface area contributed by atoms with Gasteiger partial charge in [0.2, 0.25) is 0 Å². The standard InChI is InChI=1S/C17H33IO9/c1-12(23-8-7-22-6-5-21-4)25-14-9-15(26-16(14)13(20)10-19)27-17(2,3)24-11-18/h12-16,19-20H,5-11H2,1-4H3/t12?,13?,14-,15-,16-/m1/s1. The Labute approximate surface area is 174 Å². The molecule has 0 bridgehead atoms. The lowest BCUT2D eigenvalue weighted by molar-refractivity contribution is -0.285. The van der Waals surface area contributed by atoms with Gasteiger partial charge in [-0.3, -0.25) is 0 Å². The zero-order chi connectivity index (χ0) is 20.3. The number of halogens is 1. The summed E-state index contributed by atoms with van der Waals surface area (Å²) in [7, 11) is 1.61. The maximum absolute atomic E-state index is 10.0. The molecule has 1 saturated heterocycles. The topological polar surface area (TPSA) is 105 Å². The van der Waals surface area contributed by atoms with E-state index >= 15 is 0 Å². The van der Waals surface area contributed by atoms with Gasteiger partial charge in [-0.15, -0.1) is 0 Å². The molecule has 1 rings (SSSR count). The number of methoxy groups -OCH3 is 1. The van der Waals surface area contributed by atoms with Crippen molar-refractivity contribution in [2.75, 3.05) is 44.8 Å². The molecule has 0 radical (unpaired) electrons. The van der Waals surface area contributed by atoms with Crippen LogP contribution in [0.25, 0.3) is 0 Å². The first-order chi connectivity index (χ1) is 12.8. The molecule has 1 aliphatic heterocycles. The number of ether oxygens (including phenoxy) is 7. The Balaban J connectivity index is 2.47. The Morgan fingerprint density at radius 2 is 1.93 bits per heavy atom. The third kappa shape index (κ3) is 10.1. The van der Waals surface area contributed by atoms with Crippen LogP contribution in [0.1, 0.15) is 27.2 Å². The van der Waals surface area contributed by atoms with Crippen molar-refractivity contribution in [1.29, 1.82) is 0 Å². The maximum atomic E-state index is 10.0. The lowest BCUT2D eigenvalue weighted by Gasteiger charge is -2.28. The summed E-state index contributed by atoms with van der Waals surface area (Å²) in [5.41, 5.74) is 0. The molecule has 2 N–H and O–H groups in total. The molecule has 1 heterocycles. The van der Waals surface area contributed by atoms with Gasteiger partial charge in [-0.2, -0.15) is 0 Å². The van der Waals surface area contributed by atoms with Gasteiger partial charge in [-0.1, -0.05) is 22.6 Å². The minimum Gasteiger partial charge on any atom is -0.394 e. The van der Waals surface area contributed by atoms with Crippen molar-refractivity contribution in [2.24, 2.45) is 0 Å². The Hall–Kier alpha value is 0.370. The normalized spacial score (nSPS) is 25.7. The smallest absolute Gasteiger partial charge is 0.166 e. The third-order valence-corrected chi connectivity index (χ3v) is 4.17. The Morgan fingerprint density at radius 1 is 1.22 bits per heavy atom. The molecule has 5 atom stereocenters. The van der Waals surface area contributed by atoms with E-state index in [9.17, 15) is 10.2 Å². The molecule has 0 aromatic heterocycles. The molecule has 1 aliphatic rings. The number of hydrogen-bond donors (Lipinski definition) is 2. The highest BCUT2D eigenvalue weighted by Gasteiger charge is 2.43. The lowest BCUT2D eigenvalue weighted by atomic mass is 10.1. The van der Waals surface area contributed by atoms with Gasteiger partial charge < -0.3 is 43.4 Å². The van der Waals surface area contributed by atoms with Crippen LogP contribution in [0.15, 0.2) is 0 Å². The van der Waals surface area contributed by atoms with Crippen molar-refractivity contribution < 1.29 is 43.4 Å². The molecule has 0 saturated carbocycles. The first kappa shape index (κ1) is 25.4. The van der Waals surface area contributed by atoms with Crippen molar-refractivity contribution in [3.63, 3.8) is 0 Å². The summed E-state index contributed by atoms with van der Waals surface area (Å²) in [6, 6.07) is 0. The first-order valence-electron chi connectivity index (χ1n) is 8.98. The van der Waals surface area contributed by atoms with Crippen molar-refractivity contribution in [1.82, 2.24) is 0 Å². The van der Waals surface area contributed by atoms with Gasteiger partial charge in [0, 0.05) is 13.5 Å². The quantitative estimate of drug-likeness (QED) is 0.145. The number of hydrogen-bond acceptors (Lipinski definition) is 9. The van der Waals surface area contributed by atoms with Gasteiger partial charge in [-0.05, 0) is 20.8 Å². The minimum absolute atomic E-state index is 0.363. The maximum Gasteiger partial charge on any atom is 0.166 e. The Kier molecular flexibility index (Phi) is 12.8. The molecule has 0 aromatic carbocycles. The number of aliphatic hydroxyl groups is 2. The first-order valence-corrected chi connectivity index (χ1v) is 10.5. The van der Waals surface area contributed by atoms with Gasteiger partial charge in [0.05, 0.1) is 39.1 Å². The predicted molar refractivity (Wildman–Crippen MR) is 104 cm³/mol. The van der Waals surface area contributed by atoms with Crippen LogP contribution in [0.3, 0.4) is 0 Å². The predicted octanol–water partition coefficient (Wildman–Crippen LogP) is 1.03. The van der Waals surface area contributed by atoms with E-state index in [0.717, 1.165) is 0 Å². The van der Waals surface area contributed by atoms with Crippen LogP contribution in [0.5, 0.6) is 0 Å². The zero-order valence-corrected chi connectivity index (χ0v) is 18.6.